The van der Waals surface area contributed by atoms with Gasteiger partial charge in [-0.15, -0.1) is 13.2 Å². The summed E-state index contributed by atoms with van der Waals surface area (Å²) < 4.78 is 44.8. The number of nitrogens with two attached hydrogens (primary N) is 1. The minimum absolute atomic E-state index is 0.258. The molecule has 1 aromatic carbocycles. The molecular weight excluding hydrogens is 289 g/mol. The van der Waals surface area contributed by atoms with Crippen molar-refractivity contribution in [2.24, 2.45) is 5.73 Å². The minimum Gasteiger partial charge on any atom is -0.406 e. The molecule has 0 fully saturated rings. The van der Waals surface area contributed by atoms with Gasteiger partial charge in [0, 0.05) is 32.3 Å². The molecule has 0 saturated heterocycles. The zero-order valence-electron chi connectivity index (χ0n) is 11.5. The Hall–Kier alpha value is -1.80. The third-order valence-electron chi connectivity index (χ3n) is 2.59. The third-order valence-corrected chi connectivity index (χ3v) is 2.59. The fourth-order valence-electron chi connectivity index (χ4n) is 1.65. The molecule has 0 bridgehead atoms. The average Bonchev–Trinajstić information content (AvgIpc) is 2.42. The lowest BCUT2D eigenvalue weighted by molar-refractivity contribution is -0.274. The fraction of sp³-hybridized carbons (Fsp3) is 0.462. The summed E-state index contributed by atoms with van der Waals surface area (Å²) in [7, 11) is 1.51. The summed E-state index contributed by atoms with van der Waals surface area (Å²) in [4.78, 5) is 13.7. The first kappa shape index (κ1) is 17.3. The van der Waals surface area contributed by atoms with Gasteiger partial charge in [-0.1, -0.05) is 0 Å². The number of carbonyl (C=O) groups excluding carboxylic acids is 1. The van der Waals surface area contributed by atoms with Crippen molar-refractivity contribution in [1.29, 1.82) is 0 Å². The molecule has 1 aromatic rings. The molecule has 1 rings (SSSR count). The number of benzene rings is 1. The van der Waals surface area contributed by atoms with Crippen LogP contribution in [0.15, 0.2) is 24.3 Å². The number of nitrogens with zero attached hydrogens (tertiary/aromatic N) is 1. The van der Waals surface area contributed by atoms with Gasteiger partial charge in [0.05, 0.1) is 6.61 Å². The molecule has 0 heterocycles. The molecule has 0 aliphatic carbocycles. The molecule has 0 unspecified atom stereocenters. The maximum absolute atomic E-state index is 12.2. The van der Waals surface area contributed by atoms with Crippen LogP contribution in [0.1, 0.15) is 10.4 Å². The van der Waals surface area contributed by atoms with E-state index >= 15 is 0 Å². The molecule has 0 radical (unpaired) electrons. The normalized spacial score (nSPS) is 11.3. The highest BCUT2D eigenvalue weighted by atomic mass is 19.4. The molecule has 0 saturated carbocycles. The van der Waals surface area contributed by atoms with Crippen molar-refractivity contribution in [3.63, 3.8) is 0 Å². The highest BCUT2D eigenvalue weighted by molar-refractivity contribution is 5.94. The van der Waals surface area contributed by atoms with Crippen LogP contribution < -0.4 is 10.5 Å². The lowest BCUT2D eigenvalue weighted by Gasteiger charge is -2.21. The molecule has 5 nitrogen and oxygen atoms in total. The summed E-state index contributed by atoms with van der Waals surface area (Å²) in [6, 6.07) is 4.74. The number of carbonyl (C=O) groups is 1. The fourth-order valence-corrected chi connectivity index (χ4v) is 1.65. The van der Waals surface area contributed by atoms with Crippen molar-refractivity contribution >= 4 is 5.91 Å². The second-order valence-corrected chi connectivity index (χ2v) is 4.15. The quantitative estimate of drug-likeness (QED) is 0.831. The Morgan fingerprint density at radius 2 is 1.86 bits per heavy atom. The van der Waals surface area contributed by atoms with E-state index in [4.69, 9.17) is 10.5 Å². The van der Waals surface area contributed by atoms with Crippen LogP contribution >= 0.6 is 0 Å². The van der Waals surface area contributed by atoms with Crippen LogP contribution in [0.5, 0.6) is 5.75 Å². The van der Waals surface area contributed by atoms with E-state index in [0.29, 0.717) is 19.7 Å². The van der Waals surface area contributed by atoms with Crippen LogP contribution in [0.2, 0.25) is 0 Å². The molecular formula is C13H17F3N2O3. The van der Waals surface area contributed by atoms with Gasteiger partial charge in [0.25, 0.3) is 5.91 Å². The van der Waals surface area contributed by atoms with Gasteiger partial charge in [0.2, 0.25) is 0 Å². The van der Waals surface area contributed by atoms with Gasteiger partial charge < -0.3 is 20.1 Å². The number of hydrogen-bond donors (Lipinski definition) is 1. The number of hydrogen-bond acceptors (Lipinski definition) is 4. The van der Waals surface area contributed by atoms with Crippen LogP contribution in [0.25, 0.3) is 0 Å². The van der Waals surface area contributed by atoms with E-state index in [1.54, 1.807) is 0 Å². The van der Waals surface area contributed by atoms with Gasteiger partial charge in [-0.05, 0) is 24.3 Å². The summed E-state index contributed by atoms with van der Waals surface area (Å²) >= 11 is 0. The largest absolute Gasteiger partial charge is 0.573 e. The lowest BCUT2D eigenvalue weighted by atomic mass is 10.2. The number of ether oxygens (including phenoxy) is 2. The minimum atomic E-state index is -4.75. The van der Waals surface area contributed by atoms with E-state index in [1.165, 1.54) is 24.1 Å². The van der Waals surface area contributed by atoms with Crippen molar-refractivity contribution in [2.75, 3.05) is 33.4 Å². The number of alkyl halides is 3. The Morgan fingerprint density at radius 3 is 2.33 bits per heavy atom. The predicted octanol–water partition coefficient (Wildman–Crippen LogP) is 1.63. The SMILES string of the molecule is COCCN(CCN)C(=O)c1ccc(OC(F)(F)F)cc1. The molecule has 0 aliphatic heterocycles. The Bertz CT molecular complexity index is 449. The molecule has 0 aliphatic rings. The second kappa shape index (κ2) is 7.84. The van der Waals surface area contributed by atoms with Crippen molar-refractivity contribution in [2.45, 2.75) is 6.36 Å². The molecule has 0 aromatic heterocycles. The zero-order chi connectivity index (χ0) is 15.9. The first-order chi connectivity index (χ1) is 9.87. The van der Waals surface area contributed by atoms with E-state index in [0.717, 1.165) is 12.1 Å². The summed E-state index contributed by atoms with van der Waals surface area (Å²) in [6.07, 6.45) is -4.75. The van der Waals surface area contributed by atoms with Gasteiger partial charge in [-0.25, -0.2) is 0 Å². The Labute approximate surface area is 120 Å². The number of methoxy groups -OCH3 is 1. The van der Waals surface area contributed by atoms with E-state index in [9.17, 15) is 18.0 Å². The monoisotopic (exact) mass is 306 g/mol. The molecule has 8 heteroatoms. The van der Waals surface area contributed by atoms with Crippen molar-refractivity contribution in [1.82, 2.24) is 4.90 Å². The van der Waals surface area contributed by atoms with Gasteiger partial charge >= 0.3 is 6.36 Å². The number of amides is 1. The summed E-state index contributed by atoms with van der Waals surface area (Å²) in [5.74, 6) is -0.697. The van der Waals surface area contributed by atoms with E-state index in [1.807, 2.05) is 0 Å². The first-order valence-electron chi connectivity index (χ1n) is 6.21. The van der Waals surface area contributed by atoms with E-state index < -0.39 is 6.36 Å². The topological polar surface area (TPSA) is 64.8 Å². The Balaban J connectivity index is 2.76. The molecule has 1 amide bonds. The average molecular weight is 306 g/mol. The zero-order valence-corrected chi connectivity index (χ0v) is 11.5. The van der Waals surface area contributed by atoms with Crippen molar-refractivity contribution in [3.05, 3.63) is 29.8 Å². The van der Waals surface area contributed by atoms with Gasteiger partial charge in [-0.3, -0.25) is 4.79 Å². The van der Waals surface area contributed by atoms with Crippen LogP contribution in [0.4, 0.5) is 13.2 Å². The molecule has 21 heavy (non-hydrogen) atoms. The molecule has 0 atom stereocenters. The van der Waals surface area contributed by atoms with Gasteiger partial charge in [0.15, 0.2) is 0 Å². The summed E-state index contributed by atoms with van der Waals surface area (Å²) in [6.45, 7) is 1.32. The van der Waals surface area contributed by atoms with Crippen LogP contribution in [-0.4, -0.2) is 50.5 Å². The van der Waals surface area contributed by atoms with Crippen molar-refractivity contribution in [3.8, 4) is 5.75 Å². The Kier molecular flexibility index (Phi) is 6.44. The van der Waals surface area contributed by atoms with E-state index in [2.05, 4.69) is 4.74 Å². The standard InChI is InChI=1S/C13H17F3N2O3/c1-20-9-8-18(7-6-17)12(19)10-2-4-11(5-3-10)21-13(14,15)16/h2-5H,6-9,17H2,1H3. The Morgan fingerprint density at radius 1 is 1.24 bits per heavy atom. The van der Waals surface area contributed by atoms with Crippen LogP contribution in [0, 0.1) is 0 Å². The van der Waals surface area contributed by atoms with Crippen LogP contribution in [-0.2, 0) is 4.74 Å². The third kappa shape index (κ3) is 6.01. The highest BCUT2D eigenvalue weighted by Crippen LogP contribution is 2.23. The van der Waals surface area contributed by atoms with Crippen molar-refractivity contribution < 1.29 is 27.4 Å². The lowest BCUT2D eigenvalue weighted by Crippen LogP contribution is -2.37. The molecule has 118 valence electrons. The van der Waals surface area contributed by atoms with Gasteiger partial charge in [0.1, 0.15) is 5.75 Å². The first-order valence-corrected chi connectivity index (χ1v) is 6.21. The number of halogens is 3. The number of rotatable bonds is 7. The van der Waals surface area contributed by atoms with Gasteiger partial charge in [-0.2, -0.15) is 0 Å². The van der Waals surface area contributed by atoms with Crippen LogP contribution in [0.3, 0.4) is 0 Å². The summed E-state index contributed by atoms with van der Waals surface area (Å²) in [5.41, 5.74) is 5.69. The summed E-state index contributed by atoms with van der Waals surface area (Å²) in [5, 5.41) is 0. The predicted molar refractivity (Wildman–Crippen MR) is 70.0 cm³/mol. The second-order valence-electron chi connectivity index (χ2n) is 4.15. The molecule has 0 spiro atoms. The maximum atomic E-state index is 12.2. The maximum Gasteiger partial charge on any atom is 0.573 e. The highest BCUT2D eigenvalue weighted by Gasteiger charge is 2.31. The smallest absolute Gasteiger partial charge is 0.406 e. The van der Waals surface area contributed by atoms with E-state index in [-0.39, 0.29) is 23.8 Å². The molecule has 2 N–H and O–H groups in total.